The Bertz CT molecular complexity index is 475. The Labute approximate surface area is 72.9 Å². The minimum absolute atomic E-state index is 0.147. The summed E-state index contributed by atoms with van der Waals surface area (Å²) < 4.78 is 5.00. The summed E-state index contributed by atoms with van der Waals surface area (Å²) in [5.41, 5.74) is 5.63. The van der Waals surface area contributed by atoms with Crippen LogP contribution in [0.5, 0.6) is 0 Å². The molecule has 0 amide bonds. The summed E-state index contributed by atoms with van der Waals surface area (Å²) in [5, 5.41) is 11.0. The van der Waals surface area contributed by atoms with Gasteiger partial charge in [0.15, 0.2) is 0 Å². The molecule has 66 valence electrons. The Balaban J connectivity index is 2.86. The van der Waals surface area contributed by atoms with Crippen LogP contribution in [0.3, 0.4) is 0 Å². The number of benzene rings is 1. The summed E-state index contributed by atoms with van der Waals surface area (Å²) in [5.74, 6) is -0.147. The summed E-state index contributed by atoms with van der Waals surface area (Å²) in [6, 6.07) is 6.67. The molecule has 1 aromatic carbocycles. The van der Waals surface area contributed by atoms with Gasteiger partial charge in [-0.25, -0.2) is 0 Å². The smallest absolute Gasteiger partial charge is 0.339 e. The molecule has 0 aliphatic rings. The van der Waals surface area contributed by atoms with Crippen LogP contribution >= 0.6 is 0 Å². The van der Waals surface area contributed by atoms with E-state index in [0.717, 1.165) is 0 Å². The van der Waals surface area contributed by atoms with Crippen molar-refractivity contribution in [2.45, 2.75) is 0 Å². The predicted octanol–water partition coefficient (Wildman–Crippen LogP) is 1.92. The third kappa shape index (κ3) is 1.01. The molecular weight excluding hydrogens is 172 g/mol. The zero-order chi connectivity index (χ0) is 9.42. The first-order chi connectivity index (χ1) is 6.20. The lowest BCUT2D eigenvalue weighted by Crippen LogP contribution is -1.91. The fraction of sp³-hybridized carbons (Fsp3) is 0. The third-order valence-corrected chi connectivity index (χ3v) is 1.78. The number of hydrogen-bond acceptors (Lipinski definition) is 4. The molecule has 5 heteroatoms. The summed E-state index contributed by atoms with van der Waals surface area (Å²) in [6.07, 6.45) is 0. The van der Waals surface area contributed by atoms with Crippen molar-refractivity contribution in [2.24, 2.45) is 0 Å². The number of nitro groups is 1. The van der Waals surface area contributed by atoms with E-state index in [2.05, 4.69) is 0 Å². The van der Waals surface area contributed by atoms with Gasteiger partial charge in [0, 0.05) is 0 Å². The van der Waals surface area contributed by atoms with E-state index in [1.165, 1.54) is 0 Å². The van der Waals surface area contributed by atoms with Crippen molar-refractivity contribution < 1.29 is 9.34 Å². The van der Waals surface area contributed by atoms with Crippen LogP contribution in [0.2, 0.25) is 0 Å². The number of anilines is 1. The molecule has 0 radical (unpaired) electrons. The molecule has 5 nitrogen and oxygen atoms in total. The molecule has 1 heterocycles. The maximum absolute atomic E-state index is 10.6. The molecule has 2 N–H and O–H groups in total. The summed E-state index contributed by atoms with van der Waals surface area (Å²) in [7, 11) is 0. The fourth-order valence-corrected chi connectivity index (χ4v) is 1.24. The van der Waals surface area contributed by atoms with Gasteiger partial charge in [0.2, 0.25) is 0 Å². The Hall–Kier alpha value is -2.04. The average Bonchev–Trinajstić information content (AvgIpc) is 2.39. The number of nitrogen functional groups attached to an aromatic ring is 1. The predicted molar refractivity (Wildman–Crippen MR) is 47.3 cm³/mol. The van der Waals surface area contributed by atoms with Crippen molar-refractivity contribution in [1.29, 1.82) is 0 Å². The zero-order valence-corrected chi connectivity index (χ0v) is 6.56. The number of fused-ring (bicyclic) bond motifs is 1. The number of hydrogen-bond donors (Lipinski definition) is 1. The van der Waals surface area contributed by atoms with E-state index in [1.54, 1.807) is 24.3 Å². The highest BCUT2D eigenvalue weighted by molar-refractivity contribution is 5.92. The maximum atomic E-state index is 10.6. The van der Waals surface area contributed by atoms with Gasteiger partial charge in [-0.2, -0.15) is 0 Å². The SMILES string of the molecule is Nc1oc2ccccc2c1[N+](=O)[O-]. The van der Waals surface area contributed by atoms with E-state index in [9.17, 15) is 10.1 Å². The van der Waals surface area contributed by atoms with E-state index in [1.807, 2.05) is 0 Å². The van der Waals surface area contributed by atoms with E-state index >= 15 is 0 Å². The van der Waals surface area contributed by atoms with E-state index in [0.29, 0.717) is 11.0 Å². The van der Waals surface area contributed by atoms with Crippen LogP contribution in [0.4, 0.5) is 11.6 Å². The van der Waals surface area contributed by atoms with Crippen molar-refractivity contribution >= 4 is 22.5 Å². The molecule has 0 aliphatic heterocycles. The van der Waals surface area contributed by atoms with Gasteiger partial charge < -0.3 is 10.2 Å². The average molecular weight is 178 g/mol. The number of rotatable bonds is 1. The normalized spacial score (nSPS) is 10.5. The molecule has 2 aromatic rings. The minimum atomic E-state index is -0.541. The minimum Gasteiger partial charge on any atom is -0.434 e. The lowest BCUT2D eigenvalue weighted by Gasteiger charge is -1.86. The molecule has 0 atom stereocenters. The summed E-state index contributed by atoms with van der Waals surface area (Å²) in [6.45, 7) is 0. The standard InChI is InChI=1S/C8H6N2O3/c9-8-7(10(11)12)5-3-1-2-4-6(5)13-8/h1-4H,9H2. The molecule has 0 aliphatic carbocycles. The van der Waals surface area contributed by atoms with Crippen molar-refractivity contribution in [3.8, 4) is 0 Å². The van der Waals surface area contributed by atoms with Gasteiger partial charge >= 0.3 is 5.69 Å². The van der Waals surface area contributed by atoms with Gasteiger partial charge in [0.05, 0.1) is 4.92 Å². The molecular formula is C8H6N2O3. The Morgan fingerprint density at radius 1 is 1.38 bits per heavy atom. The largest absolute Gasteiger partial charge is 0.434 e. The summed E-state index contributed by atoms with van der Waals surface area (Å²) in [4.78, 5) is 10.0. The van der Waals surface area contributed by atoms with Gasteiger partial charge in [-0.3, -0.25) is 10.1 Å². The lowest BCUT2D eigenvalue weighted by atomic mass is 10.2. The Kier molecular flexibility index (Phi) is 1.45. The molecule has 0 bridgehead atoms. The zero-order valence-electron chi connectivity index (χ0n) is 6.56. The molecule has 0 spiro atoms. The van der Waals surface area contributed by atoms with E-state index in [-0.39, 0.29) is 11.6 Å². The van der Waals surface area contributed by atoms with Crippen LogP contribution < -0.4 is 5.73 Å². The van der Waals surface area contributed by atoms with Crippen molar-refractivity contribution in [2.75, 3.05) is 5.73 Å². The maximum Gasteiger partial charge on any atom is 0.339 e. The second-order valence-electron chi connectivity index (χ2n) is 2.57. The quantitative estimate of drug-likeness (QED) is 0.534. The van der Waals surface area contributed by atoms with E-state index < -0.39 is 4.92 Å². The van der Waals surface area contributed by atoms with Gasteiger partial charge in [-0.15, -0.1) is 0 Å². The number of nitrogens with zero attached hydrogens (tertiary/aromatic N) is 1. The Morgan fingerprint density at radius 2 is 2.08 bits per heavy atom. The highest BCUT2D eigenvalue weighted by Crippen LogP contribution is 2.33. The first kappa shape index (κ1) is 7.60. The van der Waals surface area contributed by atoms with Crippen LogP contribution in [0, 0.1) is 10.1 Å². The molecule has 0 saturated carbocycles. The highest BCUT2D eigenvalue weighted by atomic mass is 16.6. The van der Waals surface area contributed by atoms with Crippen LogP contribution in [0.15, 0.2) is 28.7 Å². The highest BCUT2D eigenvalue weighted by Gasteiger charge is 2.21. The third-order valence-electron chi connectivity index (χ3n) is 1.78. The molecule has 0 unspecified atom stereocenters. The molecule has 0 saturated heterocycles. The van der Waals surface area contributed by atoms with Gasteiger partial charge in [0.1, 0.15) is 11.0 Å². The number of nitrogens with two attached hydrogens (primary N) is 1. The van der Waals surface area contributed by atoms with Gasteiger partial charge in [-0.1, -0.05) is 12.1 Å². The number of furan rings is 1. The Morgan fingerprint density at radius 3 is 2.77 bits per heavy atom. The van der Waals surface area contributed by atoms with Crippen molar-refractivity contribution in [3.05, 3.63) is 34.4 Å². The van der Waals surface area contributed by atoms with Crippen molar-refractivity contribution in [1.82, 2.24) is 0 Å². The molecule has 1 aromatic heterocycles. The second-order valence-corrected chi connectivity index (χ2v) is 2.57. The fourth-order valence-electron chi connectivity index (χ4n) is 1.24. The first-order valence-corrected chi connectivity index (χ1v) is 3.61. The van der Waals surface area contributed by atoms with Gasteiger partial charge in [-0.05, 0) is 12.1 Å². The molecule has 0 fully saturated rings. The van der Waals surface area contributed by atoms with E-state index in [4.69, 9.17) is 10.2 Å². The van der Waals surface area contributed by atoms with Crippen molar-refractivity contribution in [3.63, 3.8) is 0 Å². The van der Waals surface area contributed by atoms with Crippen LogP contribution in [-0.2, 0) is 0 Å². The molecule has 13 heavy (non-hydrogen) atoms. The van der Waals surface area contributed by atoms with Gasteiger partial charge in [0.25, 0.3) is 5.88 Å². The molecule has 2 rings (SSSR count). The summed E-state index contributed by atoms with van der Waals surface area (Å²) >= 11 is 0. The number of para-hydroxylation sites is 1. The van der Waals surface area contributed by atoms with Crippen LogP contribution in [-0.4, -0.2) is 4.92 Å². The monoisotopic (exact) mass is 178 g/mol. The lowest BCUT2D eigenvalue weighted by molar-refractivity contribution is -0.382. The second kappa shape index (κ2) is 2.48. The topological polar surface area (TPSA) is 82.3 Å². The van der Waals surface area contributed by atoms with Crippen LogP contribution in [0.1, 0.15) is 0 Å². The van der Waals surface area contributed by atoms with Crippen LogP contribution in [0.25, 0.3) is 11.0 Å². The first-order valence-electron chi connectivity index (χ1n) is 3.61.